The summed E-state index contributed by atoms with van der Waals surface area (Å²) in [5, 5.41) is 4.20. The summed E-state index contributed by atoms with van der Waals surface area (Å²) in [6, 6.07) is 6.19. The molecule has 4 nitrogen and oxygen atoms in total. The van der Waals surface area contributed by atoms with Gasteiger partial charge in [-0.1, -0.05) is 6.07 Å². The smallest absolute Gasteiger partial charge is 0.129 e. The van der Waals surface area contributed by atoms with Crippen LogP contribution in [-0.2, 0) is 12.9 Å². The molecule has 0 saturated heterocycles. The molecule has 92 valence electrons. The molecule has 0 spiro atoms. The van der Waals surface area contributed by atoms with Crippen LogP contribution in [0.25, 0.3) is 16.7 Å². The number of aryl methyl sites for hydroxylation is 2. The van der Waals surface area contributed by atoms with Crippen LogP contribution in [0.3, 0.4) is 0 Å². The van der Waals surface area contributed by atoms with Crippen molar-refractivity contribution in [2.45, 2.75) is 12.8 Å². The summed E-state index contributed by atoms with van der Waals surface area (Å²) in [4.78, 5) is 4.55. The summed E-state index contributed by atoms with van der Waals surface area (Å²) in [7, 11) is 1.90. The predicted molar refractivity (Wildman–Crippen MR) is 72.1 cm³/mol. The number of hydrogen-bond acceptors (Lipinski definition) is 2. The first-order valence-corrected chi connectivity index (χ1v) is 6.25. The number of aromatic nitrogens is 4. The monoisotopic (exact) mass is 260 g/mol. The molecule has 0 amide bonds. The van der Waals surface area contributed by atoms with E-state index in [0.717, 1.165) is 22.5 Å². The van der Waals surface area contributed by atoms with Crippen molar-refractivity contribution < 1.29 is 0 Å². The van der Waals surface area contributed by atoms with E-state index >= 15 is 0 Å². The van der Waals surface area contributed by atoms with E-state index in [4.69, 9.17) is 11.6 Å². The van der Waals surface area contributed by atoms with Crippen LogP contribution in [0.4, 0.5) is 0 Å². The molecule has 0 aliphatic carbocycles. The number of nitrogens with zero attached hydrogens (tertiary/aromatic N) is 4. The van der Waals surface area contributed by atoms with Crippen LogP contribution in [-0.4, -0.2) is 19.3 Å². The quantitative estimate of drug-likeness (QED) is 0.664. The van der Waals surface area contributed by atoms with Gasteiger partial charge in [-0.15, -0.1) is 11.6 Å². The van der Waals surface area contributed by atoms with Crippen molar-refractivity contribution in [3.8, 4) is 5.69 Å². The van der Waals surface area contributed by atoms with Crippen molar-refractivity contribution in [3.05, 3.63) is 42.0 Å². The Bertz CT molecular complexity index is 711. The topological polar surface area (TPSA) is 35.6 Å². The third-order valence-electron chi connectivity index (χ3n) is 2.95. The molecule has 3 rings (SSSR count). The first kappa shape index (κ1) is 11.3. The lowest BCUT2D eigenvalue weighted by Gasteiger charge is -2.04. The van der Waals surface area contributed by atoms with E-state index in [1.807, 2.05) is 25.5 Å². The van der Waals surface area contributed by atoms with Gasteiger partial charge in [0.15, 0.2) is 0 Å². The second-order valence-corrected chi connectivity index (χ2v) is 4.63. The molecule has 1 aromatic carbocycles. The number of benzene rings is 1. The molecule has 2 aromatic heterocycles. The van der Waals surface area contributed by atoms with Crippen molar-refractivity contribution in [3.63, 3.8) is 0 Å². The van der Waals surface area contributed by atoms with E-state index < -0.39 is 0 Å². The number of halogens is 1. The Morgan fingerprint density at radius 2 is 2.17 bits per heavy atom. The second-order valence-electron chi connectivity index (χ2n) is 4.36. The first-order chi connectivity index (χ1) is 8.69. The number of rotatable bonds is 2. The number of imidazole rings is 1. The summed E-state index contributed by atoms with van der Waals surface area (Å²) < 4.78 is 3.83. The summed E-state index contributed by atoms with van der Waals surface area (Å²) in [6.07, 6.45) is 3.78. The fraction of sp³-hybridized carbons (Fsp3) is 0.231. The lowest BCUT2D eigenvalue weighted by molar-refractivity contribution is 0.767. The average molecular weight is 261 g/mol. The highest BCUT2D eigenvalue weighted by atomic mass is 35.5. The second kappa shape index (κ2) is 4.14. The third kappa shape index (κ3) is 1.69. The molecule has 0 aliphatic heterocycles. The zero-order valence-corrected chi connectivity index (χ0v) is 11.0. The number of alkyl halides is 1. The van der Waals surface area contributed by atoms with E-state index in [2.05, 4.69) is 33.7 Å². The molecule has 0 saturated carbocycles. The van der Waals surface area contributed by atoms with E-state index in [9.17, 15) is 0 Å². The van der Waals surface area contributed by atoms with E-state index in [-0.39, 0.29) is 0 Å². The van der Waals surface area contributed by atoms with Gasteiger partial charge in [-0.25, -0.2) is 4.98 Å². The van der Waals surface area contributed by atoms with Gasteiger partial charge in [0.2, 0.25) is 0 Å². The molecule has 0 atom stereocenters. The molecule has 5 heteroatoms. The van der Waals surface area contributed by atoms with Crippen LogP contribution in [0, 0.1) is 6.92 Å². The van der Waals surface area contributed by atoms with E-state index in [0.29, 0.717) is 5.88 Å². The maximum atomic E-state index is 5.99. The van der Waals surface area contributed by atoms with Crippen LogP contribution < -0.4 is 0 Å². The lowest BCUT2D eigenvalue weighted by Crippen LogP contribution is -1.98. The zero-order chi connectivity index (χ0) is 12.7. The minimum Gasteiger partial charge on any atom is -0.292 e. The maximum absolute atomic E-state index is 5.99. The molecule has 18 heavy (non-hydrogen) atoms. The van der Waals surface area contributed by atoms with Crippen LogP contribution in [0.5, 0.6) is 0 Å². The maximum Gasteiger partial charge on any atom is 0.129 e. The van der Waals surface area contributed by atoms with Crippen LogP contribution in [0.15, 0.2) is 30.6 Å². The summed E-state index contributed by atoms with van der Waals surface area (Å²) >= 11 is 5.99. The average Bonchev–Trinajstić information content (AvgIpc) is 2.91. The normalized spacial score (nSPS) is 11.3. The SMILES string of the molecule is Cc1ccc2nc(CCl)n(-c3cnn(C)c3)c2c1. The van der Waals surface area contributed by atoms with Gasteiger partial charge in [-0.05, 0) is 24.6 Å². The van der Waals surface area contributed by atoms with Crippen LogP contribution in [0.2, 0.25) is 0 Å². The highest BCUT2D eigenvalue weighted by Crippen LogP contribution is 2.23. The van der Waals surface area contributed by atoms with E-state index in [1.165, 1.54) is 5.56 Å². The minimum atomic E-state index is 0.378. The predicted octanol–water partition coefficient (Wildman–Crippen LogP) is 2.81. The van der Waals surface area contributed by atoms with E-state index in [1.54, 1.807) is 4.68 Å². The molecular formula is C13H13ClN4. The molecule has 0 aliphatic rings. The third-order valence-corrected chi connectivity index (χ3v) is 3.19. The van der Waals surface area contributed by atoms with Crippen molar-refractivity contribution >= 4 is 22.6 Å². The van der Waals surface area contributed by atoms with Gasteiger partial charge >= 0.3 is 0 Å². The Morgan fingerprint density at radius 3 is 2.83 bits per heavy atom. The van der Waals surface area contributed by atoms with Crippen molar-refractivity contribution in [2.75, 3.05) is 0 Å². The zero-order valence-electron chi connectivity index (χ0n) is 10.3. The first-order valence-electron chi connectivity index (χ1n) is 5.72. The van der Waals surface area contributed by atoms with Crippen LogP contribution >= 0.6 is 11.6 Å². The summed E-state index contributed by atoms with van der Waals surface area (Å²) in [5.74, 6) is 1.22. The standard InChI is InChI=1S/C13H13ClN4/c1-9-3-4-11-12(5-9)18(13(6-14)16-11)10-7-15-17(2)8-10/h3-5,7-8H,6H2,1-2H3. The van der Waals surface area contributed by atoms with Crippen molar-refractivity contribution in [1.82, 2.24) is 19.3 Å². The Morgan fingerprint density at radius 1 is 1.33 bits per heavy atom. The molecule has 3 aromatic rings. The van der Waals surface area contributed by atoms with Gasteiger partial charge in [0.05, 0.1) is 28.8 Å². The Labute approximate surface area is 110 Å². The number of hydrogen-bond donors (Lipinski definition) is 0. The fourth-order valence-corrected chi connectivity index (χ4v) is 2.32. The van der Waals surface area contributed by atoms with Crippen molar-refractivity contribution in [2.24, 2.45) is 7.05 Å². The van der Waals surface area contributed by atoms with Gasteiger partial charge in [0, 0.05) is 13.2 Å². The molecule has 0 radical (unpaired) electrons. The highest BCUT2D eigenvalue weighted by Gasteiger charge is 2.12. The Hall–Kier alpha value is -1.81. The Kier molecular flexibility index (Phi) is 2.59. The van der Waals surface area contributed by atoms with Gasteiger partial charge in [-0.3, -0.25) is 9.25 Å². The molecular weight excluding hydrogens is 248 g/mol. The molecule has 2 heterocycles. The highest BCUT2D eigenvalue weighted by molar-refractivity contribution is 6.17. The van der Waals surface area contributed by atoms with Gasteiger partial charge in [-0.2, -0.15) is 5.10 Å². The molecule has 0 N–H and O–H groups in total. The van der Waals surface area contributed by atoms with Crippen molar-refractivity contribution in [1.29, 1.82) is 0 Å². The lowest BCUT2D eigenvalue weighted by atomic mass is 10.2. The molecule has 0 unspecified atom stereocenters. The largest absolute Gasteiger partial charge is 0.292 e. The molecule has 0 fully saturated rings. The molecule has 0 bridgehead atoms. The Balaban J connectivity index is 2.34. The van der Waals surface area contributed by atoms with Crippen LogP contribution in [0.1, 0.15) is 11.4 Å². The van der Waals surface area contributed by atoms with Gasteiger partial charge in [0.25, 0.3) is 0 Å². The van der Waals surface area contributed by atoms with Gasteiger partial charge < -0.3 is 0 Å². The van der Waals surface area contributed by atoms with Gasteiger partial charge in [0.1, 0.15) is 5.82 Å². The minimum absolute atomic E-state index is 0.378. The summed E-state index contributed by atoms with van der Waals surface area (Å²) in [6.45, 7) is 2.07. The fourth-order valence-electron chi connectivity index (χ4n) is 2.14. The number of fused-ring (bicyclic) bond motifs is 1. The summed E-state index contributed by atoms with van der Waals surface area (Å²) in [5.41, 5.74) is 4.22.